The molecule has 34 heavy (non-hydrogen) atoms. The van der Waals surface area contributed by atoms with E-state index in [0.29, 0.717) is 12.2 Å². The van der Waals surface area contributed by atoms with Crippen LogP contribution in [0.2, 0.25) is 0 Å². The number of ketones is 1. The van der Waals surface area contributed by atoms with Gasteiger partial charge in [0.15, 0.2) is 5.78 Å². The maximum atomic E-state index is 12.0. The smallest absolute Gasteiger partial charge is 0.407 e. The van der Waals surface area contributed by atoms with Gasteiger partial charge >= 0.3 is 6.09 Å². The number of unbranched alkanes of at least 4 members (excludes halogenated alkanes) is 3. The van der Waals surface area contributed by atoms with Crippen molar-refractivity contribution in [3.05, 3.63) is 78.4 Å². The monoisotopic (exact) mass is 479 g/mol. The fourth-order valence-electron chi connectivity index (χ4n) is 3.62. The van der Waals surface area contributed by atoms with Crippen LogP contribution in [-0.4, -0.2) is 35.4 Å². The number of amides is 1. The molecule has 0 heterocycles. The molecule has 0 bridgehead atoms. The Balaban J connectivity index is 1.18. The number of thioether (sulfide) groups is 1. The van der Waals surface area contributed by atoms with Gasteiger partial charge in [-0.05, 0) is 41.3 Å². The summed E-state index contributed by atoms with van der Waals surface area (Å²) in [6.07, 6.45) is 3.96. The van der Waals surface area contributed by atoms with E-state index in [2.05, 4.69) is 35.6 Å². The standard InChI is InChI=1S/C28H33NO4S/c30-25(19-29-28(32)33-20-22-10-4-3-5-11-22)14-6-1-2-7-15-26(31)21-34-27-17-16-23-12-8-9-13-24(23)18-27/h3-5,8-13,16-18,26,31H,1-2,6-7,14-15,19-21H2,(H,29,32). The van der Waals surface area contributed by atoms with E-state index in [9.17, 15) is 14.7 Å². The molecule has 6 heteroatoms. The van der Waals surface area contributed by atoms with Crippen molar-refractivity contribution in [1.82, 2.24) is 5.32 Å². The number of aliphatic hydroxyl groups is 1. The minimum absolute atomic E-state index is 0.00165. The van der Waals surface area contributed by atoms with E-state index < -0.39 is 6.09 Å². The van der Waals surface area contributed by atoms with E-state index in [4.69, 9.17) is 4.74 Å². The summed E-state index contributed by atoms with van der Waals surface area (Å²) in [6, 6.07) is 24.1. The number of alkyl carbamates (subject to hydrolysis) is 1. The van der Waals surface area contributed by atoms with Crippen molar-refractivity contribution in [2.45, 2.75) is 56.1 Å². The van der Waals surface area contributed by atoms with Gasteiger partial charge in [-0.15, -0.1) is 11.8 Å². The molecule has 5 nitrogen and oxygen atoms in total. The van der Waals surface area contributed by atoms with Crippen LogP contribution < -0.4 is 5.32 Å². The molecular formula is C28H33NO4S. The number of carbonyl (C=O) groups is 2. The molecule has 3 aromatic carbocycles. The van der Waals surface area contributed by atoms with E-state index >= 15 is 0 Å². The number of hydrogen-bond acceptors (Lipinski definition) is 5. The highest BCUT2D eigenvalue weighted by molar-refractivity contribution is 7.99. The third-order valence-corrected chi connectivity index (χ3v) is 6.69. The molecule has 0 spiro atoms. The zero-order valence-corrected chi connectivity index (χ0v) is 20.3. The predicted octanol–water partition coefficient (Wildman–Crippen LogP) is 6.13. The Hall–Kier alpha value is -2.83. The van der Waals surface area contributed by atoms with Crippen LogP contribution in [0.25, 0.3) is 10.8 Å². The topological polar surface area (TPSA) is 75.6 Å². The summed E-state index contributed by atoms with van der Waals surface area (Å²) in [4.78, 5) is 24.8. The van der Waals surface area contributed by atoms with E-state index in [0.717, 1.165) is 37.7 Å². The number of hydrogen-bond donors (Lipinski definition) is 2. The molecule has 2 N–H and O–H groups in total. The molecule has 0 aliphatic heterocycles. The van der Waals surface area contributed by atoms with Crippen molar-refractivity contribution in [2.24, 2.45) is 0 Å². The van der Waals surface area contributed by atoms with E-state index in [1.807, 2.05) is 42.5 Å². The molecule has 180 valence electrons. The Kier molecular flexibility index (Phi) is 10.9. The lowest BCUT2D eigenvalue weighted by molar-refractivity contribution is -0.118. The van der Waals surface area contributed by atoms with Gasteiger partial charge < -0.3 is 15.2 Å². The van der Waals surface area contributed by atoms with Gasteiger partial charge in [-0.1, -0.05) is 79.9 Å². The highest BCUT2D eigenvalue weighted by Gasteiger charge is 2.08. The third kappa shape index (κ3) is 9.57. The van der Waals surface area contributed by atoms with Crippen LogP contribution in [0.4, 0.5) is 4.79 Å². The fraction of sp³-hybridized carbons (Fsp3) is 0.357. The average Bonchev–Trinajstić information content (AvgIpc) is 2.87. The van der Waals surface area contributed by atoms with Crippen LogP contribution >= 0.6 is 11.8 Å². The van der Waals surface area contributed by atoms with Crippen LogP contribution in [0.15, 0.2) is 77.7 Å². The largest absolute Gasteiger partial charge is 0.445 e. The quantitative estimate of drug-likeness (QED) is 0.215. The van der Waals surface area contributed by atoms with Gasteiger partial charge in [0.25, 0.3) is 0 Å². The lowest BCUT2D eigenvalue weighted by Gasteiger charge is -2.10. The molecule has 0 aromatic heterocycles. The number of fused-ring (bicyclic) bond motifs is 1. The molecule has 3 rings (SSSR count). The maximum Gasteiger partial charge on any atom is 0.407 e. The van der Waals surface area contributed by atoms with Gasteiger partial charge in [0.05, 0.1) is 12.6 Å². The SMILES string of the molecule is O=C(CCCCCCC(O)CSc1ccc2ccccc2c1)CNC(=O)OCc1ccccc1. The second-order valence-corrected chi connectivity index (χ2v) is 9.47. The Labute approximate surface area is 205 Å². The lowest BCUT2D eigenvalue weighted by atomic mass is 10.1. The highest BCUT2D eigenvalue weighted by Crippen LogP contribution is 2.25. The van der Waals surface area contributed by atoms with E-state index in [1.165, 1.54) is 15.7 Å². The van der Waals surface area contributed by atoms with Gasteiger partial charge in [-0.25, -0.2) is 4.79 Å². The Bertz CT molecular complexity index is 1040. The first kappa shape index (κ1) is 25.8. The van der Waals surface area contributed by atoms with Crippen molar-refractivity contribution >= 4 is 34.4 Å². The van der Waals surface area contributed by atoms with Crippen LogP contribution in [-0.2, 0) is 16.1 Å². The Morgan fingerprint density at radius 1 is 0.882 bits per heavy atom. The second-order valence-electron chi connectivity index (χ2n) is 8.38. The summed E-state index contributed by atoms with van der Waals surface area (Å²) in [6.45, 7) is 0.186. The molecule has 0 radical (unpaired) electrons. The zero-order valence-electron chi connectivity index (χ0n) is 19.4. The first-order valence-corrected chi connectivity index (χ1v) is 12.8. The van der Waals surface area contributed by atoms with Crippen LogP contribution in [0.5, 0.6) is 0 Å². The zero-order chi connectivity index (χ0) is 24.0. The molecular weight excluding hydrogens is 446 g/mol. The van der Waals surface area contributed by atoms with Gasteiger partial charge in [-0.3, -0.25) is 4.79 Å². The number of nitrogens with one attached hydrogen (secondary N) is 1. The third-order valence-electron chi connectivity index (χ3n) is 5.55. The number of benzene rings is 3. The summed E-state index contributed by atoms with van der Waals surface area (Å²) < 4.78 is 5.10. The first-order valence-electron chi connectivity index (χ1n) is 11.9. The molecule has 1 unspecified atom stereocenters. The van der Waals surface area contributed by atoms with Crippen molar-refractivity contribution in [2.75, 3.05) is 12.3 Å². The lowest BCUT2D eigenvalue weighted by Crippen LogP contribution is -2.29. The number of ether oxygens (including phenoxy) is 1. The predicted molar refractivity (Wildman–Crippen MR) is 138 cm³/mol. The fourth-order valence-corrected chi connectivity index (χ4v) is 4.55. The van der Waals surface area contributed by atoms with Gasteiger partial charge in [0.2, 0.25) is 0 Å². The molecule has 1 amide bonds. The first-order chi connectivity index (χ1) is 16.6. The highest BCUT2D eigenvalue weighted by atomic mass is 32.2. The van der Waals surface area contributed by atoms with Crippen molar-refractivity contribution in [3.8, 4) is 0 Å². The number of aliphatic hydroxyl groups excluding tert-OH is 1. The molecule has 3 aromatic rings. The van der Waals surface area contributed by atoms with Crippen LogP contribution in [0.3, 0.4) is 0 Å². The molecule has 0 aliphatic carbocycles. The van der Waals surface area contributed by atoms with Crippen molar-refractivity contribution < 1.29 is 19.4 Å². The van der Waals surface area contributed by atoms with Crippen molar-refractivity contribution in [1.29, 1.82) is 0 Å². The average molecular weight is 480 g/mol. The number of Topliss-reactive ketones (excluding diaryl/α,β-unsaturated/α-hetero) is 1. The molecule has 0 fully saturated rings. The normalized spacial score (nSPS) is 11.8. The Morgan fingerprint density at radius 3 is 2.44 bits per heavy atom. The number of rotatable bonds is 14. The van der Waals surface area contributed by atoms with Gasteiger partial charge in [0.1, 0.15) is 6.61 Å². The van der Waals surface area contributed by atoms with E-state index in [-0.39, 0.29) is 25.0 Å². The summed E-state index contributed by atoms with van der Waals surface area (Å²) in [7, 11) is 0. The summed E-state index contributed by atoms with van der Waals surface area (Å²) >= 11 is 1.69. The molecule has 1 atom stereocenters. The van der Waals surface area contributed by atoms with Crippen LogP contribution in [0, 0.1) is 0 Å². The van der Waals surface area contributed by atoms with Gasteiger partial charge in [0, 0.05) is 17.1 Å². The molecule has 0 saturated carbocycles. The summed E-state index contributed by atoms with van der Waals surface area (Å²) in [5, 5.41) is 15.2. The minimum atomic E-state index is -0.576. The van der Waals surface area contributed by atoms with E-state index in [1.54, 1.807) is 11.8 Å². The van der Waals surface area contributed by atoms with Gasteiger partial charge in [-0.2, -0.15) is 0 Å². The summed E-state index contributed by atoms with van der Waals surface area (Å²) in [5.74, 6) is 0.687. The minimum Gasteiger partial charge on any atom is -0.445 e. The number of carbonyl (C=O) groups excluding carboxylic acids is 2. The van der Waals surface area contributed by atoms with Crippen LogP contribution in [0.1, 0.15) is 44.1 Å². The van der Waals surface area contributed by atoms with Crippen molar-refractivity contribution in [3.63, 3.8) is 0 Å². The second kappa shape index (κ2) is 14.4. The molecule has 0 saturated heterocycles. The molecule has 0 aliphatic rings. The Morgan fingerprint density at radius 2 is 1.62 bits per heavy atom. The maximum absolute atomic E-state index is 12.0. The summed E-state index contributed by atoms with van der Waals surface area (Å²) in [5.41, 5.74) is 0.904.